The maximum Gasteiger partial charge on any atom is 2.00 e. The molecule has 1 aromatic rings. The van der Waals surface area contributed by atoms with E-state index in [1.54, 1.807) is 6.21 Å². The fourth-order valence-electron chi connectivity index (χ4n) is 4.88. The molecule has 12 nitrogen and oxygen atoms in total. The molecular formula is C26H38N6NiO6. The van der Waals surface area contributed by atoms with Gasteiger partial charge in [-0.3, -0.25) is 30.2 Å². The van der Waals surface area contributed by atoms with Gasteiger partial charge in [0.1, 0.15) is 5.75 Å². The smallest absolute Gasteiger partial charge is 0.658 e. The summed E-state index contributed by atoms with van der Waals surface area (Å²) in [7, 11) is 0. The molecule has 13 heteroatoms. The largest absolute Gasteiger partial charge is 2.00 e. The van der Waals surface area contributed by atoms with Gasteiger partial charge in [-0.15, -0.1) is 25.2 Å². The standard InChI is InChI=1S/C13H22N3O3.C13H16N3O3.Ni/c2*17-13-5-4-12(16(18)19)7-10(13)8-14-9-11-3-1-2-6-15-11;/h8,10-13,17H,1-7,9H2;4-5,7-8,11,17H,1-3,6,9H2;/q2*-1;+2. The molecule has 2 aliphatic heterocycles. The van der Waals surface area contributed by atoms with Crippen LogP contribution < -0.4 is 0 Å². The van der Waals surface area contributed by atoms with E-state index in [0.29, 0.717) is 44.0 Å². The van der Waals surface area contributed by atoms with Crippen LogP contribution in [0.25, 0.3) is 10.6 Å². The number of phenolic OH excluding ortho intramolecular Hbond substituents is 1. The Labute approximate surface area is 239 Å². The van der Waals surface area contributed by atoms with E-state index >= 15 is 0 Å². The maximum atomic E-state index is 10.8. The molecule has 4 rings (SSSR count). The molecule has 39 heavy (non-hydrogen) atoms. The van der Waals surface area contributed by atoms with Gasteiger partial charge in [0, 0.05) is 66.9 Å². The number of phenols is 1. The first-order chi connectivity index (χ1) is 18.3. The number of benzene rings is 1. The minimum atomic E-state index is -0.529. The summed E-state index contributed by atoms with van der Waals surface area (Å²) in [6, 6.07) is 3.91. The molecule has 3 aliphatic rings. The molecule has 2 saturated heterocycles. The van der Waals surface area contributed by atoms with E-state index in [1.165, 1.54) is 43.7 Å². The molecule has 5 atom stereocenters. The fraction of sp³-hybridized carbons (Fsp3) is 0.692. The molecule has 0 bridgehead atoms. The van der Waals surface area contributed by atoms with Crippen molar-refractivity contribution in [2.24, 2.45) is 15.9 Å². The fourth-order valence-corrected chi connectivity index (χ4v) is 4.88. The normalized spacial score (nSPS) is 27.4. The molecule has 5 unspecified atom stereocenters. The molecule has 3 fully saturated rings. The number of hydrogen-bond acceptors (Lipinski definition) is 8. The van der Waals surface area contributed by atoms with Gasteiger partial charge < -0.3 is 20.8 Å². The summed E-state index contributed by atoms with van der Waals surface area (Å²) < 4.78 is 0. The van der Waals surface area contributed by atoms with Crippen LogP contribution in [0.5, 0.6) is 5.75 Å². The van der Waals surface area contributed by atoms with Crippen LogP contribution in [0.1, 0.15) is 63.4 Å². The van der Waals surface area contributed by atoms with Gasteiger partial charge in [0.25, 0.3) is 5.69 Å². The van der Waals surface area contributed by atoms with Crippen LogP contribution in [0.3, 0.4) is 0 Å². The molecule has 1 aromatic carbocycles. The van der Waals surface area contributed by atoms with E-state index < -0.39 is 17.1 Å². The number of non-ortho nitro benzene ring substituents is 1. The molecule has 1 aliphatic carbocycles. The van der Waals surface area contributed by atoms with Crippen molar-refractivity contribution in [1.29, 1.82) is 0 Å². The van der Waals surface area contributed by atoms with E-state index in [4.69, 9.17) is 0 Å². The third-order valence-corrected chi connectivity index (χ3v) is 7.18. The quantitative estimate of drug-likeness (QED) is 0.196. The number of rotatable bonds is 8. The van der Waals surface area contributed by atoms with E-state index in [1.807, 2.05) is 0 Å². The average Bonchev–Trinajstić information content (AvgIpc) is 2.92. The van der Waals surface area contributed by atoms with Crippen LogP contribution >= 0.6 is 0 Å². The van der Waals surface area contributed by atoms with Crippen LogP contribution in [0.15, 0.2) is 28.2 Å². The van der Waals surface area contributed by atoms with Crippen LogP contribution in [-0.4, -0.2) is 82.9 Å². The second-order valence-corrected chi connectivity index (χ2v) is 10.1. The number of aliphatic hydroxyl groups is 1. The first kappa shape index (κ1) is 32.7. The van der Waals surface area contributed by atoms with Gasteiger partial charge in [-0.1, -0.05) is 38.5 Å². The third-order valence-electron chi connectivity index (χ3n) is 7.18. The molecule has 2 heterocycles. The Balaban J connectivity index is 0.000000267. The van der Waals surface area contributed by atoms with Crippen LogP contribution in [0.4, 0.5) is 5.69 Å². The van der Waals surface area contributed by atoms with Crippen molar-refractivity contribution in [3.63, 3.8) is 0 Å². The first-order valence-electron chi connectivity index (χ1n) is 13.5. The SMILES string of the molecule is O=[N+]([O-])C1CCC(O)C(C=NCC2CCCC[N-]2)C1.O=[N+]([O-])c1ccc(O)c(C=NCC2CCCC[N-]2)c1.[Ni+2]. The predicted octanol–water partition coefficient (Wildman–Crippen LogP) is 4.43. The van der Waals surface area contributed by atoms with Gasteiger partial charge in [-0.25, -0.2) is 0 Å². The zero-order valence-electron chi connectivity index (χ0n) is 22.0. The summed E-state index contributed by atoms with van der Waals surface area (Å²) in [5, 5.41) is 49.9. The Bertz CT molecular complexity index is 968. The van der Waals surface area contributed by atoms with Crippen molar-refractivity contribution in [3.05, 3.63) is 54.6 Å². The Morgan fingerprint density at radius 3 is 2.15 bits per heavy atom. The molecule has 0 spiro atoms. The molecule has 1 saturated carbocycles. The summed E-state index contributed by atoms with van der Waals surface area (Å²) in [4.78, 5) is 29.3. The Kier molecular flexibility index (Phi) is 14.5. The average molecular weight is 589 g/mol. The van der Waals surface area contributed by atoms with Crippen molar-refractivity contribution in [2.75, 3.05) is 26.2 Å². The summed E-state index contributed by atoms with van der Waals surface area (Å²) in [6.07, 6.45) is 10.9. The van der Waals surface area contributed by atoms with E-state index in [9.17, 15) is 30.4 Å². The topological polar surface area (TPSA) is 180 Å². The Morgan fingerprint density at radius 2 is 1.59 bits per heavy atom. The van der Waals surface area contributed by atoms with Gasteiger partial charge in [0.15, 0.2) is 0 Å². The first-order valence-corrected chi connectivity index (χ1v) is 13.5. The molecule has 218 valence electrons. The summed E-state index contributed by atoms with van der Waals surface area (Å²) in [5.74, 6) is -0.178. The second kappa shape index (κ2) is 17.3. The van der Waals surface area contributed by atoms with Crippen LogP contribution in [0.2, 0.25) is 0 Å². The van der Waals surface area contributed by atoms with Crippen molar-refractivity contribution < 1.29 is 36.6 Å². The van der Waals surface area contributed by atoms with Crippen LogP contribution in [0, 0.1) is 26.1 Å². The third kappa shape index (κ3) is 11.3. The maximum absolute atomic E-state index is 10.8. The van der Waals surface area contributed by atoms with Gasteiger partial charge in [0.05, 0.1) is 11.0 Å². The molecule has 2 N–H and O–H groups in total. The Morgan fingerprint density at radius 1 is 0.949 bits per heavy atom. The number of nitro benzene ring substituents is 1. The predicted molar refractivity (Wildman–Crippen MR) is 146 cm³/mol. The minimum Gasteiger partial charge on any atom is -0.658 e. The zero-order chi connectivity index (χ0) is 27.3. The van der Waals surface area contributed by atoms with E-state index in [-0.39, 0.29) is 44.8 Å². The molecular weight excluding hydrogens is 551 g/mol. The van der Waals surface area contributed by atoms with Crippen LogP contribution in [-0.2, 0) is 16.5 Å². The number of aromatic hydroxyl groups is 1. The number of aliphatic hydroxyl groups excluding tert-OH is 1. The Hall–Kier alpha value is -2.47. The van der Waals surface area contributed by atoms with E-state index in [0.717, 1.165) is 32.4 Å². The molecule has 0 amide bonds. The summed E-state index contributed by atoms with van der Waals surface area (Å²) in [5.41, 5.74) is 0.312. The van der Waals surface area contributed by atoms with Crippen molar-refractivity contribution >= 4 is 18.1 Å². The second-order valence-electron chi connectivity index (χ2n) is 10.1. The molecule has 0 radical (unpaired) electrons. The van der Waals surface area contributed by atoms with Crippen molar-refractivity contribution in [2.45, 2.75) is 82.0 Å². The van der Waals surface area contributed by atoms with Gasteiger partial charge in [0.2, 0.25) is 6.04 Å². The minimum absolute atomic E-state index is 0. The number of aliphatic imine (C=N–C) groups is 2. The van der Waals surface area contributed by atoms with Gasteiger partial charge >= 0.3 is 16.5 Å². The van der Waals surface area contributed by atoms with Crippen molar-refractivity contribution in [1.82, 2.24) is 0 Å². The summed E-state index contributed by atoms with van der Waals surface area (Å²) >= 11 is 0. The summed E-state index contributed by atoms with van der Waals surface area (Å²) in [6.45, 7) is 3.05. The number of nitrogens with zero attached hydrogens (tertiary/aromatic N) is 6. The zero-order valence-corrected chi connectivity index (χ0v) is 23.0. The van der Waals surface area contributed by atoms with Gasteiger partial charge in [-0.2, -0.15) is 0 Å². The number of hydrogen-bond donors (Lipinski definition) is 2. The number of piperidine rings is 2. The molecule has 0 aromatic heterocycles. The monoisotopic (exact) mass is 588 g/mol. The van der Waals surface area contributed by atoms with Crippen molar-refractivity contribution in [3.8, 4) is 5.75 Å². The number of nitro groups is 2. The van der Waals surface area contributed by atoms with Gasteiger partial charge in [-0.05, 0) is 12.5 Å². The van der Waals surface area contributed by atoms with E-state index in [2.05, 4.69) is 20.6 Å².